The highest BCUT2D eigenvalue weighted by atomic mass is 16.5. The van der Waals surface area contributed by atoms with Crippen molar-refractivity contribution in [3.05, 3.63) is 42.0 Å². The second kappa shape index (κ2) is 5.95. The fourth-order valence-electron chi connectivity index (χ4n) is 2.49. The Morgan fingerprint density at radius 2 is 2.24 bits per heavy atom. The Bertz CT molecular complexity index is 624. The summed E-state index contributed by atoms with van der Waals surface area (Å²) in [6.45, 7) is 2.59. The molecule has 0 saturated carbocycles. The molecule has 0 aliphatic carbocycles. The van der Waals surface area contributed by atoms with Crippen LogP contribution < -0.4 is 10.1 Å². The van der Waals surface area contributed by atoms with Crippen LogP contribution in [0.5, 0.6) is 5.75 Å². The zero-order chi connectivity index (χ0) is 14.7. The maximum absolute atomic E-state index is 11.9. The van der Waals surface area contributed by atoms with Crippen molar-refractivity contribution < 1.29 is 9.53 Å². The molecule has 1 aliphatic heterocycles. The van der Waals surface area contributed by atoms with Crippen LogP contribution in [0.25, 0.3) is 0 Å². The summed E-state index contributed by atoms with van der Waals surface area (Å²) in [6.07, 6.45) is 1.72. The minimum atomic E-state index is -0.107. The van der Waals surface area contributed by atoms with E-state index in [0.29, 0.717) is 12.3 Å². The molecule has 0 spiro atoms. The molecule has 2 aromatic rings. The van der Waals surface area contributed by atoms with Gasteiger partial charge in [0.05, 0.1) is 6.54 Å². The minimum Gasteiger partial charge on any atom is -0.484 e. The smallest absolute Gasteiger partial charge is 0.258 e. The molecule has 21 heavy (non-hydrogen) atoms. The highest BCUT2D eigenvalue weighted by molar-refractivity contribution is 5.77. The van der Waals surface area contributed by atoms with Crippen LogP contribution in [0.4, 0.5) is 0 Å². The number of amides is 1. The lowest BCUT2D eigenvalue weighted by Gasteiger charge is -2.23. The molecule has 6 heteroatoms. The van der Waals surface area contributed by atoms with Crippen LogP contribution in [-0.2, 0) is 17.8 Å². The van der Waals surface area contributed by atoms with Gasteiger partial charge in [0, 0.05) is 12.5 Å². The van der Waals surface area contributed by atoms with Crippen LogP contribution in [-0.4, -0.2) is 33.3 Å². The van der Waals surface area contributed by atoms with Crippen LogP contribution in [0, 0.1) is 6.92 Å². The van der Waals surface area contributed by atoms with Crippen molar-refractivity contribution in [2.45, 2.75) is 32.4 Å². The quantitative estimate of drug-likeness (QED) is 0.913. The molecule has 1 aromatic heterocycles. The number of hydrogen-bond donors (Lipinski definition) is 1. The fraction of sp³-hybridized carbons (Fsp3) is 0.400. The number of nitrogens with one attached hydrogen (secondary N) is 1. The zero-order valence-corrected chi connectivity index (χ0v) is 12.0. The van der Waals surface area contributed by atoms with E-state index >= 15 is 0 Å². The molecule has 0 fully saturated rings. The second-order valence-corrected chi connectivity index (χ2v) is 5.16. The Morgan fingerprint density at radius 3 is 3.05 bits per heavy atom. The Hall–Kier alpha value is -2.37. The molecule has 1 aromatic carbocycles. The molecule has 0 radical (unpaired) electrons. The van der Waals surface area contributed by atoms with E-state index in [4.69, 9.17) is 4.74 Å². The van der Waals surface area contributed by atoms with Gasteiger partial charge in [0.1, 0.15) is 17.4 Å². The number of para-hydroxylation sites is 1. The average molecular weight is 286 g/mol. The van der Waals surface area contributed by atoms with E-state index in [1.165, 1.54) is 0 Å². The van der Waals surface area contributed by atoms with E-state index in [1.54, 1.807) is 0 Å². The van der Waals surface area contributed by atoms with Crippen molar-refractivity contribution >= 4 is 5.91 Å². The van der Waals surface area contributed by atoms with Crippen molar-refractivity contribution in [1.82, 2.24) is 20.1 Å². The summed E-state index contributed by atoms with van der Waals surface area (Å²) in [5.41, 5.74) is 0. The average Bonchev–Trinajstić information content (AvgIpc) is 2.85. The standard InChI is InChI=1S/C15H18N4O2/c1-11-16-14-8-7-12(9-19(14)18-11)17-15(20)10-21-13-5-3-2-4-6-13/h2-6,12H,7-10H2,1H3,(H,17,20). The topological polar surface area (TPSA) is 69.0 Å². The lowest BCUT2D eigenvalue weighted by atomic mass is 10.1. The number of hydrogen-bond acceptors (Lipinski definition) is 4. The van der Waals surface area contributed by atoms with Gasteiger partial charge in [-0.2, -0.15) is 5.10 Å². The maximum Gasteiger partial charge on any atom is 0.258 e. The minimum absolute atomic E-state index is 0.0315. The molecule has 0 bridgehead atoms. The molecule has 110 valence electrons. The number of nitrogens with zero attached hydrogens (tertiary/aromatic N) is 3. The summed E-state index contributed by atoms with van der Waals surface area (Å²) in [5, 5.41) is 7.31. The summed E-state index contributed by atoms with van der Waals surface area (Å²) in [7, 11) is 0. The normalized spacial score (nSPS) is 17.1. The van der Waals surface area contributed by atoms with Crippen molar-refractivity contribution in [3.8, 4) is 5.75 Å². The van der Waals surface area contributed by atoms with Crippen LogP contribution in [0.15, 0.2) is 30.3 Å². The third-order valence-corrected chi connectivity index (χ3v) is 3.44. The Labute approximate surface area is 123 Å². The Kier molecular flexibility index (Phi) is 3.85. The van der Waals surface area contributed by atoms with Gasteiger partial charge in [0.2, 0.25) is 0 Å². The molecular weight excluding hydrogens is 268 g/mol. The number of rotatable bonds is 4. The summed E-state index contributed by atoms with van der Waals surface area (Å²) in [5.74, 6) is 2.37. The first-order valence-electron chi connectivity index (χ1n) is 7.08. The molecule has 1 aliphatic rings. The Balaban J connectivity index is 1.50. The number of carbonyl (C=O) groups excluding carboxylic acids is 1. The first kappa shape index (κ1) is 13.6. The molecule has 6 nitrogen and oxygen atoms in total. The van der Waals surface area contributed by atoms with Gasteiger partial charge in [-0.15, -0.1) is 0 Å². The molecule has 3 rings (SSSR count). The lowest BCUT2D eigenvalue weighted by molar-refractivity contribution is -0.124. The lowest BCUT2D eigenvalue weighted by Crippen LogP contribution is -2.43. The van der Waals surface area contributed by atoms with E-state index in [1.807, 2.05) is 41.9 Å². The van der Waals surface area contributed by atoms with E-state index in [9.17, 15) is 4.79 Å². The summed E-state index contributed by atoms with van der Waals surface area (Å²) in [4.78, 5) is 16.3. The van der Waals surface area contributed by atoms with Gasteiger partial charge in [-0.1, -0.05) is 18.2 Å². The third kappa shape index (κ3) is 3.39. The first-order chi connectivity index (χ1) is 10.2. The van der Waals surface area contributed by atoms with Crippen LogP contribution in [0.3, 0.4) is 0 Å². The predicted octanol–water partition coefficient (Wildman–Crippen LogP) is 1.10. The van der Waals surface area contributed by atoms with Crippen molar-refractivity contribution in [3.63, 3.8) is 0 Å². The van der Waals surface area contributed by atoms with Crippen molar-refractivity contribution in [2.24, 2.45) is 0 Å². The predicted molar refractivity (Wildman–Crippen MR) is 76.9 cm³/mol. The van der Waals surface area contributed by atoms with E-state index < -0.39 is 0 Å². The fourth-order valence-corrected chi connectivity index (χ4v) is 2.49. The number of aryl methyl sites for hydroxylation is 2. The van der Waals surface area contributed by atoms with Crippen molar-refractivity contribution in [1.29, 1.82) is 0 Å². The van der Waals surface area contributed by atoms with E-state index in [2.05, 4.69) is 15.4 Å². The van der Waals surface area contributed by atoms with E-state index in [-0.39, 0.29) is 18.6 Å². The molecule has 1 amide bonds. The summed E-state index contributed by atoms with van der Waals surface area (Å²) in [6, 6.07) is 9.42. The Morgan fingerprint density at radius 1 is 1.43 bits per heavy atom. The summed E-state index contributed by atoms with van der Waals surface area (Å²) >= 11 is 0. The molecular formula is C15H18N4O2. The van der Waals surface area contributed by atoms with Gasteiger partial charge in [-0.25, -0.2) is 9.67 Å². The molecule has 1 atom stereocenters. The molecule has 1 N–H and O–H groups in total. The monoisotopic (exact) mass is 286 g/mol. The second-order valence-electron chi connectivity index (χ2n) is 5.16. The molecule has 2 heterocycles. The van der Waals surface area contributed by atoms with Crippen LogP contribution >= 0.6 is 0 Å². The molecule has 1 unspecified atom stereocenters. The number of carbonyl (C=O) groups is 1. The van der Waals surface area contributed by atoms with Gasteiger partial charge < -0.3 is 10.1 Å². The van der Waals surface area contributed by atoms with E-state index in [0.717, 1.165) is 24.5 Å². The number of ether oxygens (including phenoxy) is 1. The van der Waals surface area contributed by atoms with Gasteiger partial charge in [-0.3, -0.25) is 4.79 Å². The largest absolute Gasteiger partial charge is 0.484 e. The molecule has 0 saturated heterocycles. The summed E-state index contributed by atoms with van der Waals surface area (Å²) < 4.78 is 7.31. The number of aromatic nitrogens is 3. The van der Waals surface area contributed by atoms with Gasteiger partial charge in [0.25, 0.3) is 5.91 Å². The van der Waals surface area contributed by atoms with Crippen LogP contribution in [0.1, 0.15) is 18.1 Å². The zero-order valence-electron chi connectivity index (χ0n) is 12.0. The van der Waals surface area contributed by atoms with Crippen LogP contribution in [0.2, 0.25) is 0 Å². The van der Waals surface area contributed by atoms with Gasteiger partial charge >= 0.3 is 0 Å². The first-order valence-corrected chi connectivity index (χ1v) is 7.08. The highest BCUT2D eigenvalue weighted by Crippen LogP contribution is 2.13. The highest BCUT2D eigenvalue weighted by Gasteiger charge is 2.22. The number of benzene rings is 1. The maximum atomic E-state index is 11.9. The van der Waals surface area contributed by atoms with Gasteiger partial charge in [0.15, 0.2) is 6.61 Å². The third-order valence-electron chi connectivity index (χ3n) is 3.44. The van der Waals surface area contributed by atoms with Crippen molar-refractivity contribution in [2.75, 3.05) is 6.61 Å². The van der Waals surface area contributed by atoms with Gasteiger partial charge in [-0.05, 0) is 25.5 Å². The number of fused-ring (bicyclic) bond motifs is 1. The SMILES string of the molecule is Cc1nc2n(n1)CC(NC(=O)COc1ccccc1)CC2.